The lowest BCUT2D eigenvalue weighted by Crippen LogP contribution is -2.01. The smallest absolute Gasteiger partial charge is 0.176 e. The van der Waals surface area contributed by atoms with E-state index in [0.29, 0.717) is 11.7 Å². The predicted octanol–water partition coefficient (Wildman–Crippen LogP) is 4.50. The molecule has 3 rings (SSSR count). The number of nitrogens with one attached hydrogen (secondary N) is 1. The molecule has 5 heteroatoms. The van der Waals surface area contributed by atoms with E-state index < -0.39 is 0 Å². The van der Waals surface area contributed by atoms with Crippen molar-refractivity contribution in [1.29, 1.82) is 0 Å². The monoisotopic (exact) mass is 334 g/mol. The highest BCUT2D eigenvalue weighted by Crippen LogP contribution is 2.19. The molecule has 0 atom stereocenters. The van der Waals surface area contributed by atoms with Crippen molar-refractivity contribution in [2.75, 3.05) is 12.0 Å². The Balaban J connectivity index is 1.60. The van der Waals surface area contributed by atoms with Crippen LogP contribution < -0.4 is 10.2 Å². The molecule has 3 aromatic rings. The molecule has 0 aliphatic carbocycles. The van der Waals surface area contributed by atoms with Crippen LogP contribution in [0.2, 0.25) is 0 Å². The predicted molar refractivity (Wildman–Crippen MR) is 102 cm³/mol. The molecule has 0 aliphatic rings. The molecule has 25 heavy (non-hydrogen) atoms. The maximum atomic E-state index is 5.72. The first-order chi connectivity index (χ1) is 12.2. The SMILES string of the molecule is CC(C)CCOc1ccc(C=NNc2nncc3ccccc23)cc1. The molecule has 0 bridgehead atoms. The zero-order chi connectivity index (χ0) is 17.5. The van der Waals surface area contributed by atoms with Crippen LogP contribution in [0.3, 0.4) is 0 Å². The van der Waals surface area contributed by atoms with Gasteiger partial charge in [0.2, 0.25) is 0 Å². The van der Waals surface area contributed by atoms with Crippen molar-refractivity contribution >= 4 is 22.8 Å². The molecule has 1 N–H and O–H groups in total. The standard InChI is InChI=1S/C20H22N4O/c1-15(2)11-12-25-18-9-7-16(8-10-18)13-21-23-20-19-6-4-3-5-17(19)14-22-24-20/h3-10,13-15H,11-12H2,1-2H3,(H,23,24). The van der Waals surface area contributed by atoms with E-state index in [1.807, 2.05) is 48.5 Å². The van der Waals surface area contributed by atoms with Gasteiger partial charge in [0.05, 0.1) is 19.0 Å². The quantitative estimate of drug-likeness (QED) is 0.510. The first-order valence-corrected chi connectivity index (χ1v) is 8.45. The van der Waals surface area contributed by atoms with Crippen molar-refractivity contribution < 1.29 is 4.74 Å². The van der Waals surface area contributed by atoms with Gasteiger partial charge in [-0.25, -0.2) is 0 Å². The average molecular weight is 334 g/mol. The van der Waals surface area contributed by atoms with Gasteiger partial charge in [-0.15, -0.1) is 5.10 Å². The zero-order valence-corrected chi connectivity index (χ0v) is 14.5. The van der Waals surface area contributed by atoms with E-state index in [1.54, 1.807) is 12.4 Å². The number of fused-ring (bicyclic) bond motifs is 1. The molecule has 1 aromatic heterocycles. The van der Waals surface area contributed by atoms with Gasteiger partial charge in [0, 0.05) is 10.8 Å². The highest BCUT2D eigenvalue weighted by molar-refractivity contribution is 5.91. The van der Waals surface area contributed by atoms with Crippen LogP contribution in [-0.4, -0.2) is 23.0 Å². The molecule has 0 radical (unpaired) electrons. The molecule has 0 aliphatic heterocycles. The first kappa shape index (κ1) is 16.9. The van der Waals surface area contributed by atoms with E-state index in [-0.39, 0.29) is 0 Å². The molecule has 0 amide bonds. The van der Waals surface area contributed by atoms with Gasteiger partial charge in [-0.1, -0.05) is 38.1 Å². The van der Waals surface area contributed by atoms with Crippen LogP contribution in [0.1, 0.15) is 25.8 Å². The second kappa shape index (κ2) is 8.24. The van der Waals surface area contributed by atoms with Gasteiger partial charge in [0.15, 0.2) is 5.82 Å². The van der Waals surface area contributed by atoms with Crippen molar-refractivity contribution in [3.63, 3.8) is 0 Å². The third kappa shape index (κ3) is 4.76. The van der Waals surface area contributed by atoms with Crippen molar-refractivity contribution in [2.45, 2.75) is 20.3 Å². The molecule has 0 saturated heterocycles. The highest BCUT2D eigenvalue weighted by atomic mass is 16.5. The summed E-state index contributed by atoms with van der Waals surface area (Å²) in [5, 5.41) is 14.4. The molecule has 0 fully saturated rings. The average Bonchev–Trinajstić information content (AvgIpc) is 2.63. The number of hydrazone groups is 1. The Morgan fingerprint density at radius 2 is 1.92 bits per heavy atom. The van der Waals surface area contributed by atoms with Crippen molar-refractivity contribution in [3.8, 4) is 5.75 Å². The molecule has 0 spiro atoms. The van der Waals surface area contributed by atoms with Gasteiger partial charge in [-0.05, 0) is 42.2 Å². The van der Waals surface area contributed by atoms with Crippen molar-refractivity contribution in [3.05, 3.63) is 60.3 Å². The first-order valence-electron chi connectivity index (χ1n) is 8.45. The Morgan fingerprint density at radius 3 is 2.72 bits per heavy atom. The number of anilines is 1. The summed E-state index contributed by atoms with van der Waals surface area (Å²) in [6.07, 6.45) is 4.54. The zero-order valence-electron chi connectivity index (χ0n) is 14.5. The van der Waals surface area contributed by atoms with Crippen molar-refractivity contribution in [2.24, 2.45) is 11.0 Å². The minimum Gasteiger partial charge on any atom is -0.494 e. The second-order valence-corrected chi connectivity index (χ2v) is 6.25. The Labute approximate surface area is 147 Å². The van der Waals surface area contributed by atoms with Crippen LogP contribution in [0.25, 0.3) is 10.8 Å². The largest absolute Gasteiger partial charge is 0.494 e. The maximum absolute atomic E-state index is 5.72. The third-order valence-electron chi connectivity index (χ3n) is 3.80. The lowest BCUT2D eigenvalue weighted by atomic mass is 10.1. The molecule has 2 aromatic carbocycles. The fourth-order valence-corrected chi connectivity index (χ4v) is 2.34. The number of rotatable bonds is 7. The summed E-state index contributed by atoms with van der Waals surface area (Å²) in [5.74, 6) is 2.17. The number of nitrogens with zero attached hydrogens (tertiary/aromatic N) is 3. The van der Waals surface area contributed by atoms with E-state index in [2.05, 4.69) is 34.6 Å². The lowest BCUT2D eigenvalue weighted by Gasteiger charge is -2.08. The van der Waals surface area contributed by atoms with Gasteiger partial charge in [-0.3, -0.25) is 5.43 Å². The Kier molecular flexibility index (Phi) is 5.57. The Bertz CT molecular complexity index is 838. The topological polar surface area (TPSA) is 59.4 Å². The number of ether oxygens (including phenoxy) is 1. The fraction of sp³-hybridized carbons (Fsp3) is 0.250. The van der Waals surface area contributed by atoms with Crippen molar-refractivity contribution in [1.82, 2.24) is 10.2 Å². The maximum Gasteiger partial charge on any atom is 0.176 e. The lowest BCUT2D eigenvalue weighted by molar-refractivity contribution is 0.289. The molecular formula is C20H22N4O. The Morgan fingerprint density at radius 1 is 1.12 bits per heavy atom. The van der Waals surface area contributed by atoms with Gasteiger partial charge in [0.1, 0.15) is 5.75 Å². The summed E-state index contributed by atoms with van der Waals surface area (Å²) >= 11 is 0. The molecule has 0 saturated carbocycles. The third-order valence-corrected chi connectivity index (χ3v) is 3.80. The summed E-state index contributed by atoms with van der Waals surface area (Å²) in [7, 11) is 0. The van der Waals surface area contributed by atoms with Gasteiger partial charge < -0.3 is 4.74 Å². The van der Waals surface area contributed by atoms with E-state index in [9.17, 15) is 0 Å². The summed E-state index contributed by atoms with van der Waals surface area (Å²) in [4.78, 5) is 0. The van der Waals surface area contributed by atoms with Crippen LogP contribution >= 0.6 is 0 Å². The van der Waals surface area contributed by atoms with E-state index in [0.717, 1.165) is 35.1 Å². The summed E-state index contributed by atoms with van der Waals surface area (Å²) in [6.45, 7) is 5.12. The minimum atomic E-state index is 0.642. The number of hydrogen-bond acceptors (Lipinski definition) is 5. The van der Waals surface area contributed by atoms with Gasteiger partial charge in [0.25, 0.3) is 0 Å². The molecule has 1 heterocycles. The number of aromatic nitrogens is 2. The normalized spacial score (nSPS) is 11.3. The second-order valence-electron chi connectivity index (χ2n) is 6.25. The molecule has 5 nitrogen and oxygen atoms in total. The Hall–Kier alpha value is -2.95. The molecular weight excluding hydrogens is 312 g/mol. The number of benzene rings is 2. The van der Waals surface area contributed by atoms with Crippen LogP contribution in [0.5, 0.6) is 5.75 Å². The van der Waals surface area contributed by atoms with Crippen LogP contribution in [-0.2, 0) is 0 Å². The van der Waals surface area contributed by atoms with Crippen LogP contribution in [0.4, 0.5) is 5.82 Å². The van der Waals surface area contributed by atoms with E-state index in [1.165, 1.54) is 0 Å². The molecule has 0 unspecified atom stereocenters. The highest BCUT2D eigenvalue weighted by Gasteiger charge is 2.01. The van der Waals surface area contributed by atoms with Gasteiger partial charge in [-0.2, -0.15) is 10.2 Å². The van der Waals surface area contributed by atoms with E-state index in [4.69, 9.17) is 4.74 Å². The summed E-state index contributed by atoms with van der Waals surface area (Å²) < 4.78 is 5.72. The van der Waals surface area contributed by atoms with E-state index >= 15 is 0 Å². The molecule has 128 valence electrons. The summed E-state index contributed by atoms with van der Waals surface area (Å²) in [5.41, 5.74) is 3.95. The minimum absolute atomic E-state index is 0.642. The fourth-order valence-electron chi connectivity index (χ4n) is 2.34. The van der Waals surface area contributed by atoms with Gasteiger partial charge >= 0.3 is 0 Å². The number of hydrogen-bond donors (Lipinski definition) is 1. The summed E-state index contributed by atoms with van der Waals surface area (Å²) in [6, 6.07) is 15.8. The van der Waals surface area contributed by atoms with Crippen LogP contribution in [0, 0.1) is 5.92 Å². The van der Waals surface area contributed by atoms with Crippen LogP contribution in [0.15, 0.2) is 59.8 Å².